The van der Waals surface area contributed by atoms with E-state index >= 15 is 0 Å². The normalized spacial score (nSPS) is 24.0. The first-order valence-electron chi connectivity index (χ1n) is 8.71. The molecule has 1 saturated heterocycles. The number of amides is 2. The maximum absolute atomic E-state index is 12.6. The predicted octanol–water partition coefficient (Wildman–Crippen LogP) is 3.13. The molecule has 6 nitrogen and oxygen atoms in total. The first kappa shape index (κ1) is 16.5. The number of nitrogens with one attached hydrogen (secondary N) is 2. The summed E-state index contributed by atoms with van der Waals surface area (Å²) in [4.78, 5) is 22.4. The number of hydrogen-bond acceptors (Lipinski definition) is 5. The van der Waals surface area contributed by atoms with Gasteiger partial charge in [-0.2, -0.15) is 0 Å². The lowest BCUT2D eigenvalue weighted by molar-refractivity contribution is 0.0995. The molecule has 1 unspecified atom stereocenters. The van der Waals surface area contributed by atoms with Crippen LogP contribution in [0.25, 0.3) is 0 Å². The van der Waals surface area contributed by atoms with Crippen molar-refractivity contribution in [3.05, 3.63) is 46.2 Å². The van der Waals surface area contributed by atoms with E-state index in [0.29, 0.717) is 12.5 Å². The Kier molecular flexibility index (Phi) is 4.67. The summed E-state index contributed by atoms with van der Waals surface area (Å²) in [6.45, 7) is 2.68. The fourth-order valence-electron chi connectivity index (χ4n) is 3.29. The number of carbonyl (C=O) groups excluding carboxylic acids is 1. The molecule has 1 aliphatic carbocycles. The van der Waals surface area contributed by atoms with Gasteiger partial charge in [0.2, 0.25) is 0 Å². The Bertz CT molecular complexity index is 732. The van der Waals surface area contributed by atoms with Crippen molar-refractivity contribution in [1.29, 1.82) is 0 Å². The minimum atomic E-state index is -0.144. The van der Waals surface area contributed by atoms with E-state index < -0.39 is 0 Å². The molecule has 0 aromatic carbocycles. The molecule has 25 heavy (non-hydrogen) atoms. The first-order chi connectivity index (χ1) is 12.2. The standard InChI is InChI=1S/C18H22N4O2S/c1-11-9-20-17(25-11)15(12-4-5-12)22-18(23)21-14-6-8-24-16(14)13-3-2-7-19-10-13/h2-3,7,9-10,12,14-16H,4-6,8H2,1H3,(H2,21,22,23)/t14-,15?,16+/m1/s1. The van der Waals surface area contributed by atoms with Gasteiger partial charge in [0.15, 0.2) is 0 Å². The summed E-state index contributed by atoms with van der Waals surface area (Å²) < 4.78 is 5.81. The number of thiazole rings is 1. The van der Waals surface area contributed by atoms with Gasteiger partial charge < -0.3 is 15.4 Å². The van der Waals surface area contributed by atoms with E-state index in [1.54, 1.807) is 23.7 Å². The molecule has 7 heteroatoms. The summed E-state index contributed by atoms with van der Waals surface area (Å²) in [5.41, 5.74) is 1.000. The summed E-state index contributed by atoms with van der Waals surface area (Å²) in [5, 5.41) is 7.23. The van der Waals surface area contributed by atoms with Crippen molar-refractivity contribution < 1.29 is 9.53 Å². The molecule has 0 radical (unpaired) electrons. The largest absolute Gasteiger partial charge is 0.371 e. The number of hydrogen-bond donors (Lipinski definition) is 2. The number of urea groups is 1. The van der Waals surface area contributed by atoms with Crippen LogP contribution >= 0.6 is 11.3 Å². The molecule has 2 fully saturated rings. The van der Waals surface area contributed by atoms with Gasteiger partial charge in [-0.3, -0.25) is 4.98 Å². The summed E-state index contributed by atoms with van der Waals surface area (Å²) >= 11 is 1.66. The van der Waals surface area contributed by atoms with Gasteiger partial charge in [0.1, 0.15) is 11.1 Å². The van der Waals surface area contributed by atoms with Crippen LogP contribution in [0.15, 0.2) is 30.7 Å². The zero-order valence-corrected chi connectivity index (χ0v) is 15.0. The average molecular weight is 358 g/mol. The third kappa shape index (κ3) is 3.82. The molecule has 132 valence electrons. The van der Waals surface area contributed by atoms with Crippen molar-refractivity contribution in [3.63, 3.8) is 0 Å². The topological polar surface area (TPSA) is 76.1 Å². The highest BCUT2D eigenvalue weighted by atomic mass is 32.1. The molecular formula is C18H22N4O2S. The van der Waals surface area contributed by atoms with Crippen LogP contribution < -0.4 is 10.6 Å². The van der Waals surface area contributed by atoms with E-state index in [1.807, 2.05) is 25.3 Å². The second-order valence-electron chi connectivity index (χ2n) is 6.71. The van der Waals surface area contributed by atoms with E-state index in [1.165, 1.54) is 4.88 Å². The van der Waals surface area contributed by atoms with Crippen molar-refractivity contribution in [3.8, 4) is 0 Å². The highest BCUT2D eigenvalue weighted by molar-refractivity contribution is 7.11. The Morgan fingerprint density at radius 3 is 2.92 bits per heavy atom. The molecule has 2 aromatic rings. The van der Waals surface area contributed by atoms with Crippen molar-refractivity contribution in [2.75, 3.05) is 6.61 Å². The molecule has 3 heterocycles. The molecule has 0 spiro atoms. The maximum Gasteiger partial charge on any atom is 0.315 e. The van der Waals surface area contributed by atoms with E-state index in [2.05, 4.69) is 20.6 Å². The highest BCUT2D eigenvalue weighted by Gasteiger charge is 2.37. The van der Waals surface area contributed by atoms with Crippen LogP contribution in [0.3, 0.4) is 0 Å². The maximum atomic E-state index is 12.6. The molecule has 4 rings (SSSR count). The lowest BCUT2D eigenvalue weighted by Crippen LogP contribution is -2.45. The third-order valence-electron chi connectivity index (χ3n) is 4.71. The van der Waals surface area contributed by atoms with E-state index in [-0.39, 0.29) is 24.2 Å². The zero-order valence-electron chi connectivity index (χ0n) is 14.1. The van der Waals surface area contributed by atoms with Gasteiger partial charge in [0.05, 0.1) is 12.1 Å². The van der Waals surface area contributed by atoms with Crippen LogP contribution in [0.4, 0.5) is 4.79 Å². The number of pyridine rings is 1. The number of carbonyl (C=O) groups is 1. The van der Waals surface area contributed by atoms with Crippen LogP contribution in [0.2, 0.25) is 0 Å². The number of aromatic nitrogens is 2. The quantitative estimate of drug-likeness (QED) is 0.861. The van der Waals surface area contributed by atoms with Gasteiger partial charge in [-0.25, -0.2) is 9.78 Å². The molecule has 0 bridgehead atoms. The Labute approximate surface area is 151 Å². The van der Waals surface area contributed by atoms with Crippen molar-refractivity contribution >= 4 is 17.4 Å². The lowest BCUT2D eigenvalue weighted by Gasteiger charge is -2.22. The molecule has 2 N–H and O–H groups in total. The first-order valence-corrected chi connectivity index (χ1v) is 9.53. The van der Waals surface area contributed by atoms with E-state index in [4.69, 9.17) is 4.74 Å². The van der Waals surface area contributed by atoms with Crippen LogP contribution in [0.1, 0.15) is 46.9 Å². The van der Waals surface area contributed by atoms with Gasteiger partial charge >= 0.3 is 6.03 Å². The van der Waals surface area contributed by atoms with Crippen LogP contribution in [-0.4, -0.2) is 28.6 Å². The molecular weight excluding hydrogens is 336 g/mol. The number of nitrogens with zero attached hydrogens (tertiary/aromatic N) is 2. The number of rotatable bonds is 5. The van der Waals surface area contributed by atoms with Gasteiger partial charge in [0.25, 0.3) is 0 Å². The van der Waals surface area contributed by atoms with Crippen molar-refractivity contribution in [2.24, 2.45) is 5.92 Å². The Hall–Kier alpha value is -1.99. The summed E-state index contributed by atoms with van der Waals surface area (Å²) in [6.07, 6.45) is 8.37. The summed E-state index contributed by atoms with van der Waals surface area (Å²) in [5.74, 6) is 0.505. The highest BCUT2D eigenvalue weighted by Crippen LogP contribution is 2.42. The molecule has 2 amide bonds. The third-order valence-corrected chi connectivity index (χ3v) is 5.70. The van der Waals surface area contributed by atoms with Crippen LogP contribution in [-0.2, 0) is 4.74 Å². The monoisotopic (exact) mass is 358 g/mol. The van der Waals surface area contributed by atoms with E-state index in [0.717, 1.165) is 29.8 Å². The predicted molar refractivity (Wildman–Crippen MR) is 95.3 cm³/mol. The fraction of sp³-hybridized carbons (Fsp3) is 0.500. The van der Waals surface area contributed by atoms with Gasteiger partial charge in [-0.15, -0.1) is 11.3 Å². The molecule has 2 aliphatic rings. The summed E-state index contributed by atoms with van der Waals surface area (Å²) in [6, 6.07) is 3.71. The SMILES string of the molecule is Cc1cnc(C(NC(=O)N[C@@H]2CCO[C@H]2c2cccnc2)C2CC2)s1. The second kappa shape index (κ2) is 7.09. The van der Waals surface area contributed by atoms with Crippen molar-refractivity contribution in [1.82, 2.24) is 20.6 Å². The molecule has 3 atom stereocenters. The number of ether oxygens (including phenoxy) is 1. The Morgan fingerprint density at radius 2 is 2.24 bits per heavy atom. The number of aryl methyl sites for hydroxylation is 1. The van der Waals surface area contributed by atoms with Crippen LogP contribution in [0, 0.1) is 12.8 Å². The zero-order chi connectivity index (χ0) is 17.2. The molecule has 1 saturated carbocycles. The minimum Gasteiger partial charge on any atom is -0.371 e. The van der Waals surface area contributed by atoms with Gasteiger partial charge in [-0.05, 0) is 38.2 Å². The lowest BCUT2D eigenvalue weighted by atomic mass is 10.0. The Morgan fingerprint density at radius 1 is 1.36 bits per heavy atom. The summed E-state index contributed by atoms with van der Waals surface area (Å²) in [7, 11) is 0. The second-order valence-corrected chi connectivity index (χ2v) is 7.98. The van der Waals surface area contributed by atoms with Gasteiger partial charge in [-0.1, -0.05) is 6.07 Å². The van der Waals surface area contributed by atoms with Crippen LogP contribution in [0.5, 0.6) is 0 Å². The fourth-order valence-corrected chi connectivity index (χ4v) is 4.21. The molecule has 1 aliphatic heterocycles. The van der Waals surface area contributed by atoms with E-state index in [9.17, 15) is 4.79 Å². The Balaban J connectivity index is 1.41. The van der Waals surface area contributed by atoms with Crippen molar-refractivity contribution in [2.45, 2.75) is 44.4 Å². The van der Waals surface area contributed by atoms with Gasteiger partial charge in [0, 0.05) is 35.6 Å². The smallest absolute Gasteiger partial charge is 0.315 e. The minimum absolute atomic E-state index is 0.0119. The molecule has 2 aromatic heterocycles. The average Bonchev–Trinajstić information content (AvgIpc) is 3.21.